The third-order valence-corrected chi connectivity index (χ3v) is 7.00. The number of urea groups is 1. The smallest absolute Gasteiger partial charge is 0.322 e. The first-order chi connectivity index (χ1) is 17.7. The number of ether oxygens (including phenoxy) is 2. The zero-order valence-corrected chi connectivity index (χ0v) is 20.9. The van der Waals surface area contributed by atoms with E-state index in [-0.39, 0.29) is 18.4 Å². The zero-order chi connectivity index (χ0) is 26.3. The Morgan fingerprint density at radius 2 is 1.97 bits per heavy atom. The van der Waals surface area contributed by atoms with Gasteiger partial charge in [-0.1, -0.05) is 12.1 Å². The molecule has 0 aliphatic carbocycles. The summed E-state index contributed by atoms with van der Waals surface area (Å²) in [5.41, 5.74) is 1.06. The Balaban J connectivity index is 1.36. The number of carbonyl (C=O) groups is 4. The Kier molecular flexibility index (Phi) is 6.24. The number of imide groups is 1. The molecule has 5 amide bonds. The number of hydrogen-bond donors (Lipinski definition) is 3. The summed E-state index contributed by atoms with van der Waals surface area (Å²) in [6.07, 6.45) is -0.444. The Morgan fingerprint density at radius 1 is 1.19 bits per heavy atom. The highest BCUT2D eigenvalue weighted by Gasteiger charge is 2.57. The minimum Gasteiger partial charge on any atom is -0.497 e. The van der Waals surface area contributed by atoms with Gasteiger partial charge in [0.05, 0.1) is 13.7 Å². The van der Waals surface area contributed by atoms with Crippen LogP contribution in [0.2, 0.25) is 0 Å². The number of methoxy groups -OCH3 is 1. The van der Waals surface area contributed by atoms with Crippen molar-refractivity contribution < 1.29 is 28.7 Å². The summed E-state index contributed by atoms with van der Waals surface area (Å²) in [6, 6.07) is 9.78. The number of amides is 5. The van der Waals surface area contributed by atoms with Crippen molar-refractivity contribution in [3.05, 3.63) is 58.7 Å². The van der Waals surface area contributed by atoms with Crippen LogP contribution in [0.15, 0.2) is 36.4 Å². The molecule has 0 aromatic heterocycles. The maximum absolute atomic E-state index is 13.2. The molecule has 5 rings (SSSR count). The van der Waals surface area contributed by atoms with E-state index >= 15 is 0 Å². The number of rotatable bonds is 8. The Bertz CT molecular complexity index is 1290. The van der Waals surface area contributed by atoms with Gasteiger partial charge in [0.25, 0.3) is 17.7 Å². The average Bonchev–Trinajstić information content (AvgIpc) is 3.52. The second-order valence-corrected chi connectivity index (χ2v) is 9.76. The maximum Gasteiger partial charge on any atom is 0.322 e. The van der Waals surface area contributed by atoms with E-state index < -0.39 is 23.6 Å². The van der Waals surface area contributed by atoms with Gasteiger partial charge < -0.3 is 29.9 Å². The first-order valence-electron chi connectivity index (χ1n) is 12.0. The normalized spacial score (nSPS) is 21.9. The molecule has 2 aromatic rings. The molecule has 194 valence electrons. The van der Waals surface area contributed by atoms with Crippen LogP contribution in [0.4, 0.5) is 4.79 Å². The van der Waals surface area contributed by atoms with Gasteiger partial charge in [0.15, 0.2) is 5.54 Å². The van der Waals surface area contributed by atoms with Gasteiger partial charge in [-0.05, 0) is 49.5 Å². The van der Waals surface area contributed by atoms with E-state index in [1.807, 2.05) is 25.1 Å². The monoisotopic (exact) mass is 507 g/mol. The van der Waals surface area contributed by atoms with Gasteiger partial charge >= 0.3 is 6.03 Å². The Hall–Kier alpha value is -4.12. The molecule has 2 aromatic carbocycles. The maximum atomic E-state index is 13.2. The summed E-state index contributed by atoms with van der Waals surface area (Å²) < 4.78 is 11.4. The van der Waals surface area contributed by atoms with Gasteiger partial charge in [0.1, 0.15) is 17.6 Å². The van der Waals surface area contributed by atoms with Crippen molar-refractivity contribution in [2.75, 3.05) is 40.8 Å². The van der Waals surface area contributed by atoms with Crippen LogP contribution in [0.1, 0.15) is 31.8 Å². The molecule has 0 saturated carbocycles. The molecular formula is C26H29N5O6. The molecule has 1 saturated heterocycles. The van der Waals surface area contributed by atoms with Crippen LogP contribution in [0.25, 0.3) is 0 Å². The minimum atomic E-state index is -1.49. The topological polar surface area (TPSA) is 129 Å². The number of fused-ring (bicyclic) bond motifs is 2. The van der Waals surface area contributed by atoms with Gasteiger partial charge in [-0.25, -0.2) is 4.79 Å². The number of likely N-dealkylation sites (N-methyl/N-ethyl adjacent to an activating group) is 1. The Morgan fingerprint density at radius 3 is 2.68 bits per heavy atom. The number of carbonyl (C=O) groups excluding carboxylic acids is 4. The Labute approximate surface area is 214 Å². The van der Waals surface area contributed by atoms with E-state index in [1.165, 1.54) is 12.0 Å². The van der Waals surface area contributed by atoms with Crippen LogP contribution in [0.3, 0.4) is 0 Å². The third-order valence-electron chi connectivity index (χ3n) is 7.00. The highest BCUT2D eigenvalue weighted by molar-refractivity contribution is 6.08. The van der Waals surface area contributed by atoms with Crippen LogP contribution in [0.5, 0.6) is 11.5 Å². The van der Waals surface area contributed by atoms with Crippen molar-refractivity contribution in [2.45, 2.75) is 24.6 Å². The lowest BCUT2D eigenvalue weighted by atomic mass is 9.88. The summed E-state index contributed by atoms with van der Waals surface area (Å²) in [5, 5.41) is 7.91. The first kappa shape index (κ1) is 24.6. The lowest BCUT2D eigenvalue weighted by Gasteiger charge is -2.34. The van der Waals surface area contributed by atoms with Gasteiger partial charge in [-0.3, -0.25) is 19.7 Å². The highest BCUT2D eigenvalue weighted by atomic mass is 16.5. The van der Waals surface area contributed by atoms with Crippen molar-refractivity contribution >= 4 is 23.8 Å². The summed E-state index contributed by atoms with van der Waals surface area (Å²) >= 11 is 0. The third kappa shape index (κ3) is 4.46. The van der Waals surface area contributed by atoms with Gasteiger partial charge in [0, 0.05) is 37.2 Å². The van der Waals surface area contributed by atoms with Crippen LogP contribution < -0.4 is 25.4 Å². The molecule has 0 spiro atoms. The summed E-state index contributed by atoms with van der Waals surface area (Å²) in [4.78, 5) is 54.7. The van der Waals surface area contributed by atoms with Crippen molar-refractivity contribution in [1.29, 1.82) is 0 Å². The van der Waals surface area contributed by atoms with Gasteiger partial charge in [0.2, 0.25) is 0 Å². The molecule has 0 bridgehead atoms. The molecular weight excluding hydrogens is 478 g/mol. The SMILES string of the molecule is COc1ccc2c(c1)C(=O)N(CC1(C3Cc4ccc(C(=O)NCCN(C)C)cc4O3)NC(=O)NC1=O)C2. The van der Waals surface area contributed by atoms with E-state index in [0.717, 1.165) is 11.1 Å². The average molecular weight is 508 g/mol. The second-order valence-electron chi connectivity index (χ2n) is 9.76. The number of nitrogens with zero attached hydrogens (tertiary/aromatic N) is 2. The van der Waals surface area contributed by atoms with Crippen LogP contribution in [0, 0.1) is 0 Å². The molecule has 3 aliphatic heterocycles. The quantitative estimate of drug-likeness (QED) is 0.445. The largest absolute Gasteiger partial charge is 0.497 e. The lowest BCUT2D eigenvalue weighted by Crippen LogP contribution is -2.64. The highest BCUT2D eigenvalue weighted by Crippen LogP contribution is 2.37. The molecule has 3 aliphatic rings. The van der Waals surface area contributed by atoms with E-state index in [9.17, 15) is 19.2 Å². The fourth-order valence-corrected chi connectivity index (χ4v) is 4.98. The molecule has 0 radical (unpaired) electrons. The van der Waals surface area contributed by atoms with E-state index in [2.05, 4.69) is 16.0 Å². The van der Waals surface area contributed by atoms with Crippen molar-refractivity contribution in [3.63, 3.8) is 0 Å². The van der Waals surface area contributed by atoms with Crippen molar-refractivity contribution in [2.24, 2.45) is 0 Å². The molecule has 37 heavy (non-hydrogen) atoms. The van der Waals surface area contributed by atoms with E-state index in [0.29, 0.717) is 48.7 Å². The molecule has 2 atom stereocenters. The van der Waals surface area contributed by atoms with E-state index in [1.54, 1.807) is 30.3 Å². The van der Waals surface area contributed by atoms with Crippen LogP contribution in [-0.4, -0.2) is 86.0 Å². The fraction of sp³-hybridized carbons (Fsp3) is 0.385. The van der Waals surface area contributed by atoms with Crippen LogP contribution >= 0.6 is 0 Å². The van der Waals surface area contributed by atoms with E-state index in [4.69, 9.17) is 9.47 Å². The molecule has 2 unspecified atom stereocenters. The molecule has 3 heterocycles. The molecule has 11 heteroatoms. The number of hydrogen-bond acceptors (Lipinski definition) is 7. The van der Waals surface area contributed by atoms with Crippen molar-refractivity contribution in [1.82, 2.24) is 25.8 Å². The fourth-order valence-electron chi connectivity index (χ4n) is 4.98. The number of nitrogens with one attached hydrogen (secondary N) is 3. The first-order valence-corrected chi connectivity index (χ1v) is 12.0. The molecule has 1 fully saturated rings. The van der Waals surface area contributed by atoms with Crippen molar-refractivity contribution in [3.8, 4) is 11.5 Å². The summed E-state index contributed by atoms with van der Waals surface area (Å²) in [6.45, 7) is 1.43. The minimum absolute atomic E-state index is 0.0725. The zero-order valence-electron chi connectivity index (χ0n) is 20.9. The summed E-state index contributed by atoms with van der Waals surface area (Å²) in [7, 11) is 5.38. The number of benzene rings is 2. The second kappa shape index (κ2) is 9.40. The molecule has 3 N–H and O–H groups in total. The van der Waals surface area contributed by atoms with Gasteiger partial charge in [-0.15, -0.1) is 0 Å². The molecule has 11 nitrogen and oxygen atoms in total. The lowest BCUT2D eigenvalue weighted by molar-refractivity contribution is -0.127. The predicted molar refractivity (Wildman–Crippen MR) is 133 cm³/mol. The standard InChI is InChI=1S/C26H29N5O6/c1-30(2)9-8-27-22(32)16-5-4-15-11-21(37-20(15)10-16)26(24(34)28-25(35)29-26)14-31-13-17-6-7-18(36-3)12-19(17)23(31)33/h4-7,10,12,21H,8-9,11,13-14H2,1-3H3,(H,27,32)(H2,28,29,34,35). The van der Waals surface area contributed by atoms with Crippen LogP contribution in [-0.2, 0) is 17.8 Å². The van der Waals surface area contributed by atoms with Gasteiger partial charge in [-0.2, -0.15) is 0 Å². The summed E-state index contributed by atoms with van der Waals surface area (Å²) in [5.74, 6) is -0.00652. The predicted octanol–water partition coefficient (Wildman–Crippen LogP) is 0.524.